The van der Waals surface area contributed by atoms with Gasteiger partial charge < -0.3 is 14.9 Å². The molecule has 0 radical (unpaired) electrons. The minimum Gasteiger partial charge on any atom is -0.506 e. The Kier molecular flexibility index (Phi) is 3.64. The Morgan fingerprint density at radius 1 is 1.33 bits per heavy atom. The molecule has 0 atom stereocenters. The van der Waals surface area contributed by atoms with Crippen molar-refractivity contribution in [3.8, 4) is 16.4 Å². The molecule has 0 bridgehead atoms. The zero-order valence-corrected chi connectivity index (χ0v) is 12.1. The number of halogens is 1. The lowest BCUT2D eigenvalue weighted by molar-refractivity contribution is 0.101. The summed E-state index contributed by atoms with van der Waals surface area (Å²) in [5, 5.41) is 18.2. The molecule has 0 saturated carbocycles. The number of carbonyl (C=O) groups excluding carboxylic acids is 1. The lowest BCUT2D eigenvalue weighted by Gasteiger charge is -2.05. The molecule has 106 valence electrons. The van der Waals surface area contributed by atoms with Gasteiger partial charge in [0.1, 0.15) is 5.75 Å². The van der Waals surface area contributed by atoms with E-state index >= 15 is 0 Å². The van der Waals surface area contributed by atoms with Gasteiger partial charge in [-0.3, -0.25) is 4.79 Å². The summed E-state index contributed by atoms with van der Waals surface area (Å²) in [5.74, 6) is -0.0423. The van der Waals surface area contributed by atoms with Crippen LogP contribution in [0.3, 0.4) is 0 Å². The van der Waals surface area contributed by atoms with Gasteiger partial charge in [-0.05, 0) is 29.6 Å². The van der Waals surface area contributed by atoms with Crippen molar-refractivity contribution in [1.29, 1.82) is 0 Å². The zero-order valence-electron chi connectivity index (χ0n) is 10.5. The van der Waals surface area contributed by atoms with Gasteiger partial charge in [-0.2, -0.15) is 0 Å². The van der Waals surface area contributed by atoms with Gasteiger partial charge in [0, 0.05) is 11.1 Å². The molecule has 0 spiro atoms. The first kappa shape index (κ1) is 13.7. The van der Waals surface area contributed by atoms with E-state index in [9.17, 15) is 9.90 Å². The Hall–Kier alpha value is -2.31. The smallest absolute Gasteiger partial charge is 0.277 e. The van der Waals surface area contributed by atoms with Crippen LogP contribution in [-0.4, -0.2) is 16.2 Å². The third-order valence-corrected chi connectivity index (χ3v) is 3.83. The second-order valence-corrected chi connectivity index (χ2v) is 5.55. The van der Waals surface area contributed by atoms with E-state index in [1.54, 1.807) is 6.07 Å². The first-order valence-electron chi connectivity index (χ1n) is 5.94. The van der Waals surface area contributed by atoms with E-state index in [2.05, 4.69) is 10.5 Å². The Bertz CT molecular complexity index is 783. The molecule has 0 aliphatic rings. The highest BCUT2D eigenvalue weighted by molar-refractivity contribution is 7.13. The molecule has 0 saturated heterocycles. The minimum atomic E-state index is -0.487. The molecule has 3 aromatic rings. The largest absolute Gasteiger partial charge is 0.506 e. The molecule has 1 amide bonds. The molecule has 0 aliphatic heterocycles. The van der Waals surface area contributed by atoms with Crippen LogP contribution in [0.5, 0.6) is 5.75 Å². The van der Waals surface area contributed by atoms with Gasteiger partial charge in [-0.25, -0.2) is 0 Å². The summed E-state index contributed by atoms with van der Waals surface area (Å²) >= 11 is 7.31. The predicted octanol–water partition coefficient (Wildman–Crippen LogP) is 4.01. The Morgan fingerprint density at radius 2 is 2.19 bits per heavy atom. The van der Waals surface area contributed by atoms with Gasteiger partial charge in [0.2, 0.25) is 0 Å². The van der Waals surface area contributed by atoms with Crippen LogP contribution in [0.2, 0.25) is 5.02 Å². The number of nitrogens with one attached hydrogen (secondary N) is 1. The fourth-order valence-electron chi connectivity index (χ4n) is 1.71. The average Bonchev–Trinajstić information content (AvgIpc) is 3.12. The van der Waals surface area contributed by atoms with Gasteiger partial charge in [0.15, 0.2) is 11.5 Å². The van der Waals surface area contributed by atoms with E-state index in [1.807, 2.05) is 17.5 Å². The van der Waals surface area contributed by atoms with E-state index in [0.717, 1.165) is 4.88 Å². The maximum atomic E-state index is 12.1. The fraction of sp³-hybridized carbons (Fsp3) is 0. The number of hydrogen-bond acceptors (Lipinski definition) is 5. The molecule has 7 heteroatoms. The van der Waals surface area contributed by atoms with Crippen molar-refractivity contribution in [2.24, 2.45) is 0 Å². The molecule has 21 heavy (non-hydrogen) atoms. The van der Waals surface area contributed by atoms with Crippen LogP contribution >= 0.6 is 22.9 Å². The number of rotatable bonds is 3. The predicted molar refractivity (Wildman–Crippen MR) is 80.9 cm³/mol. The molecule has 2 heterocycles. The summed E-state index contributed by atoms with van der Waals surface area (Å²) in [7, 11) is 0. The molecular weight excluding hydrogens is 312 g/mol. The first-order valence-corrected chi connectivity index (χ1v) is 7.20. The maximum Gasteiger partial charge on any atom is 0.277 e. The molecule has 0 aliphatic carbocycles. The van der Waals surface area contributed by atoms with Crippen molar-refractivity contribution in [3.63, 3.8) is 0 Å². The van der Waals surface area contributed by atoms with Crippen LogP contribution in [0.1, 0.15) is 10.5 Å². The van der Waals surface area contributed by atoms with Crippen molar-refractivity contribution in [3.05, 3.63) is 52.5 Å². The van der Waals surface area contributed by atoms with Crippen LogP contribution in [-0.2, 0) is 0 Å². The summed E-state index contributed by atoms with van der Waals surface area (Å²) in [6.45, 7) is 0. The second kappa shape index (κ2) is 5.59. The van der Waals surface area contributed by atoms with Crippen LogP contribution in [0.15, 0.2) is 46.3 Å². The number of anilines is 1. The van der Waals surface area contributed by atoms with Crippen molar-refractivity contribution in [2.45, 2.75) is 0 Å². The van der Waals surface area contributed by atoms with Gasteiger partial charge in [-0.15, -0.1) is 11.3 Å². The lowest BCUT2D eigenvalue weighted by Crippen LogP contribution is -2.12. The quantitative estimate of drug-likeness (QED) is 0.715. The van der Waals surface area contributed by atoms with Gasteiger partial charge in [0.25, 0.3) is 5.91 Å². The highest BCUT2D eigenvalue weighted by atomic mass is 35.5. The number of thiophene rings is 1. The number of benzene rings is 1. The van der Waals surface area contributed by atoms with Crippen LogP contribution in [0.25, 0.3) is 10.6 Å². The number of carbonyl (C=O) groups is 1. The second-order valence-electron chi connectivity index (χ2n) is 4.17. The summed E-state index contributed by atoms with van der Waals surface area (Å²) in [6, 6.07) is 9.68. The SMILES string of the molecule is O=C(Nc1cc(Cl)ccc1O)c1cc(-c2cccs2)on1. The third kappa shape index (κ3) is 2.91. The van der Waals surface area contributed by atoms with Gasteiger partial charge >= 0.3 is 0 Å². The summed E-state index contributed by atoms with van der Waals surface area (Å²) in [6.07, 6.45) is 0. The number of phenols is 1. The molecule has 5 nitrogen and oxygen atoms in total. The van der Waals surface area contributed by atoms with Crippen LogP contribution in [0, 0.1) is 0 Å². The fourth-order valence-corrected chi connectivity index (χ4v) is 2.56. The summed E-state index contributed by atoms with van der Waals surface area (Å²) < 4.78 is 5.13. The first-order chi connectivity index (χ1) is 10.1. The summed E-state index contributed by atoms with van der Waals surface area (Å²) in [4.78, 5) is 13.0. The number of amides is 1. The maximum absolute atomic E-state index is 12.1. The molecule has 2 aromatic heterocycles. The zero-order chi connectivity index (χ0) is 14.8. The van der Waals surface area contributed by atoms with Crippen molar-refractivity contribution >= 4 is 34.5 Å². The average molecular weight is 321 g/mol. The molecule has 0 unspecified atom stereocenters. The number of aromatic hydroxyl groups is 1. The number of phenolic OH excluding ortho intramolecular Hbond substituents is 1. The minimum absolute atomic E-state index is 0.0743. The van der Waals surface area contributed by atoms with Crippen molar-refractivity contribution in [2.75, 3.05) is 5.32 Å². The van der Waals surface area contributed by atoms with E-state index in [0.29, 0.717) is 10.8 Å². The number of aromatic nitrogens is 1. The topological polar surface area (TPSA) is 75.4 Å². The van der Waals surface area contributed by atoms with E-state index in [1.165, 1.54) is 29.5 Å². The van der Waals surface area contributed by atoms with Crippen molar-refractivity contribution < 1.29 is 14.4 Å². The van der Waals surface area contributed by atoms with Crippen molar-refractivity contribution in [1.82, 2.24) is 5.16 Å². The normalized spacial score (nSPS) is 10.5. The van der Waals surface area contributed by atoms with E-state index < -0.39 is 5.91 Å². The molecule has 2 N–H and O–H groups in total. The standard InChI is InChI=1S/C14H9ClN2O3S/c15-8-3-4-11(18)9(6-8)16-14(19)10-7-12(20-17-10)13-2-1-5-21-13/h1-7,18H,(H,16,19). The Morgan fingerprint density at radius 3 is 2.95 bits per heavy atom. The number of hydrogen-bond donors (Lipinski definition) is 2. The highest BCUT2D eigenvalue weighted by Crippen LogP contribution is 2.28. The lowest BCUT2D eigenvalue weighted by atomic mass is 10.2. The number of nitrogens with zero attached hydrogens (tertiary/aromatic N) is 1. The Balaban J connectivity index is 1.81. The third-order valence-electron chi connectivity index (χ3n) is 2.71. The monoisotopic (exact) mass is 320 g/mol. The van der Waals surface area contributed by atoms with E-state index in [4.69, 9.17) is 16.1 Å². The van der Waals surface area contributed by atoms with Gasteiger partial charge in [-0.1, -0.05) is 22.8 Å². The molecule has 1 aromatic carbocycles. The van der Waals surface area contributed by atoms with E-state index in [-0.39, 0.29) is 17.1 Å². The molecule has 3 rings (SSSR count). The van der Waals surface area contributed by atoms with Crippen LogP contribution < -0.4 is 5.32 Å². The molecule has 0 fully saturated rings. The molecular formula is C14H9ClN2O3S. The summed E-state index contributed by atoms with van der Waals surface area (Å²) in [5.41, 5.74) is 0.339. The van der Waals surface area contributed by atoms with Crippen LogP contribution in [0.4, 0.5) is 5.69 Å². The highest BCUT2D eigenvalue weighted by Gasteiger charge is 2.15. The Labute approximate surface area is 128 Å². The van der Waals surface area contributed by atoms with Gasteiger partial charge in [0.05, 0.1) is 10.6 Å².